The smallest absolute Gasteiger partial charge is 0.200 e. The number of thioether (sulfide) groups is 1. The van der Waals surface area contributed by atoms with Gasteiger partial charge in [0, 0.05) is 0 Å². The number of nitrogens with zero attached hydrogens (tertiary/aromatic N) is 2. The molecule has 1 heterocycles. The predicted octanol–water partition coefficient (Wildman–Crippen LogP) is 1.96. The van der Waals surface area contributed by atoms with Gasteiger partial charge in [-0.1, -0.05) is 18.7 Å². The molecule has 0 bridgehead atoms. The normalized spacial score (nSPS) is 10.0. The Bertz CT molecular complexity index is 185. The zero-order valence-corrected chi connectivity index (χ0v) is 7.05. The summed E-state index contributed by atoms with van der Waals surface area (Å²) in [6, 6.07) is 0. The molecule has 1 aromatic heterocycles. The van der Waals surface area contributed by atoms with E-state index in [1.54, 1.807) is 11.8 Å². The highest BCUT2D eigenvalue weighted by Crippen LogP contribution is 2.14. The second kappa shape index (κ2) is 3.17. The van der Waals surface area contributed by atoms with E-state index < -0.39 is 0 Å². The first kappa shape index (κ1) is 7.02. The van der Waals surface area contributed by atoms with Crippen LogP contribution in [0.2, 0.25) is 0 Å². The van der Waals surface area contributed by atoms with Crippen molar-refractivity contribution in [3.05, 3.63) is 5.01 Å². The first-order valence-electron chi connectivity index (χ1n) is 2.76. The second-order valence-corrected chi connectivity index (χ2v) is 3.72. The van der Waals surface area contributed by atoms with Gasteiger partial charge in [-0.3, -0.25) is 0 Å². The maximum absolute atomic E-state index is 4.17. The lowest BCUT2D eigenvalue weighted by molar-refractivity contribution is 1.05. The van der Waals surface area contributed by atoms with Crippen molar-refractivity contribution in [2.24, 2.45) is 0 Å². The highest BCUT2D eigenvalue weighted by Gasteiger charge is 1.96. The summed E-state index contributed by atoms with van der Waals surface area (Å²) in [4.78, 5) is 4.17. The van der Waals surface area contributed by atoms with Crippen molar-refractivity contribution in [1.82, 2.24) is 9.36 Å². The van der Waals surface area contributed by atoms with E-state index in [1.165, 1.54) is 11.5 Å². The molecule has 0 spiro atoms. The van der Waals surface area contributed by atoms with Gasteiger partial charge >= 0.3 is 0 Å². The van der Waals surface area contributed by atoms with Gasteiger partial charge in [0.1, 0.15) is 5.01 Å². The Morgan fingerprint density at radius 2 is 2.44 bits per heavy atom. The zero-order chi connectivity index (χ0) is 6.69. The fourth-order valence-corrected chi connectivity index (χ4v) is 1.69. The highest BCUT2D eigenvalue weighted by atomic mass is 32.2. The van der Waals surface area contributed by atoms with Crippen LogP contribution >= 0.6 is 23.3 Å². The van der Waals surface area contributed by atoms with E-state index in [-0.39, 0.29) is 0 Å². The molecule has 0 aliphatic carbocycles. The van der Waals surface area contributed by atoms with Crippen LogP contribution in [-0.2, 0) is 0 Å². The van der Waals surface area contributed by atoms with Crippen molar-refractivity contribution in [2.45, 2.75) is 19.0 Å². The average molecular weight is 160 g/mol. The zero-order valence-electron chi connectivity index (χ0n) is 5.42. The van der Waals surface area contributed by atoms with Gasteiger partial charge in [0.15, 0.2) is 5.16 Å². The molecule has 0 N–H and O–H groups in total. The molecule has 0 saturated carbocycles. The molecule has 1 rings (SSSR count). The Balaban J connectivity index is 2.61. The monoisotopic (exact) mass is 160 g/mol. The number of aromatic nitrogens is 2. The third-order valence-corrected chi connectivity index (χ3v) is 2.25. The third kappa shape index (κ3) is 1.95. The lowest BCUT2D eigenvalue weighted by Crippen LogP contribution is -1.74. The molecule has 0 aromatic carbocycles. The minimum atomic E-state index is 0.917. The molecule has 2 nitrogen and oxygen atoms in total. The van der Waals surface area contributed by atoms with Crippen LogP contribution in [0.25, 0.3) is 0 Å². The Hall–Kier alpha value is -0.0900. The van der Waals surface area contributed by atoms with Crippen LogP contribution in [0.5, 0.6) is 0 Å². The largest absolute Gasteiger partial charge is 0.215 e. The van der Waals surface area contributed by atoms with Gasteiger partial charge in [-0.2, -0.15) is 4.37 Å². The van der Waals surface area contributed by atoms with E-state index in [2.05, 4.69) is 16.3 Å². The van der Waals surface area contributed by atoms with Crippen molar-refractivity contribution in [3.63, 3.8) is 0 Å². The van der Waals surface area contributed by atoms with Gasteiger partial charge in [-0.25, -0.2) is 4.98 Å². The average Bonchev–Trinajstić information content (AvgIpc) is 2.17. The minimum absolute atomic E-state index is 0.917. The summed E-state index contributed by atoms with van der Waals surface area (Å²) in [5.74, 6) is 1.05. The highest BCUT2D eigenvalue weighted by molar-refractivity contribution is 7.99. The number of aryl methyl sites for hydroxylation is 1. The summed E-state index contributed by atoms with van der Waals surface area (Å²) in [6.45, 7) is 4.07. The van der Waals surface area contributed by atoms with Crippen LogP contribution in [0, 0.1) is 6.92 Å². The molecule has 1 aromatic rings. The summed E-state index contributed by atoms with van der Waals surface area (Å²) in [6.07, 6.45) is 0. The summed E-state index contributed by atoms with van der Waals surface area (Å²) < 4.78 is 4.10. The SMILES string of the molecule is CCSc1nsc(C)n1. The van der Waals surface area contributed by atoms with Gasteiger partial charge in [-0.15, -0.1) is 0 Å². The fourth-order valence-electron chi connectivity index (χ4n) is 0.468. The second-order valence-electron chi connectivity index (χ2n) is 1.53. The maximum Gasteiger partial charge on any atom is 0.200 e. The molecule has 0 unspecified atom stereocenters. The van der Waals surface area contributed by atoms with Gasteiger partial charge in [0.05, 0.1) is 0 Å². The molecule has 0 atom stereocenters. The Morgan fingerprint density at radius 1 is 1.67 bits per heavy atom. The van der Waals surface area contributed by atoms with Crippen molar-refractivity contribution in [2.75, 3.05) is 5.75 Å². The Labute approximate surface area is 62.9 Å². The van der Waals surface area contributed by atoms with Crippen LogP contribution in [0.1, 0.15) is 11.9 Å². The first-order valence-corrected chi connectivity index (χ1v) is 4.52. The number of rotatable bonds is 2. The lowest BCUT2D eigenvalue weighted by atomic mass is 10.8. The topological polar surface area (TPSA) is 25.8 Å². The molecule has 0 aliphatic heterocycles. The van der Waals surface area contributed by atoms with E-state index >= 15 is 0 Å². The quantitative estimate of drug-likeness (QED) is 0.618. The molecule has 9 heavy (non-hydrogen) atoms. The van der Waals surface area contributed by atoms with Crippen molar-refractivity contribution < 1.29 is 0 Å². The summed E-state index contributed by atoms with van der Waals surface area (Å²) >= 11 is 3.15. The Kier molecular flexibility index (Phi) is 2.48. The molecule has 0 radical (unpaired) electrons. The fraction of sp³-hybridized carbons (Fsp3) is 0.600. The molecule has 0 aliphatic rings. The lowest BCUT2D eigenvalue weighted by Gasteiger charge is -1.83. The Morgan fingerprint density at radius 3 is 2.89 bits per heavy atom. The van der Waals surface area contributed by atoms with Crippen LogP contribution in [-0.4, -0.2) is 15.1 Å². The molecular formula is C5H8N2S2. The van der Waals surface area contributed by atoms with Crippen LogP contribution in [0.3, 0.4) is 0 Å². The molecule has 0 amide bonds. The summed E-state index contributed by atoms with van der Waals surface area (Å²) in [5, 5.41) is 1.96. The van der Waals surface area contributed by atoms with E-state index in [0.29, 0.717) is 0 Å². The van der Waals surface area contributed by atoms with Gasteiger partial charge < -0.3 is 0 Å². The minimum Gasteiger partial charge on any atom is -0.215 e. The van der Waals surface area contributed by atoms with Crippen molar-refractivity contribution in [3.8, 4) is 0 Å². The molecule has 0 saturated heterocycles. The summed E-state index contributed by atoms with van der Waals surface area (Å²) in [7, 11) is 0. The summed E-state index contributed by atoms with van der Waals surface area (Å²) in [5.41, 5.74) is 0. The van der Waals surface area contributed by atoms with Gasteiger partial charge in [-0.05, 0) is 24.2 Å². The molecular weight excluding hydrogens is 152 g/mol. The van der Waals surface area contributed by atoms with Crippen molar-refractivity contribution in [1.29, 1.82) is 0 Å². The van der Waals surface area contributed by atoms with E-state index in [1.807, 2.05) is 6.92 Å². The molecule has 4 heteroatoms. The maximum atomic E-state index is 4.17. The molecule has 0 fully saturated rings. The first-order chi connectivity index (χ1) is 4.33. The van der Waals surface area contributed by atoms with Gasteiger partial charge in [0.25, 0.3) is 0 Å². The number of hydrogen-bond acceptors (Lipinski definition) is 4. The van der Waals surface area contributed by atoms with Crippen LogP contribution in [0.15, 0.2) is 5.16 Å². The van der Waals surface area contributed by atoms with Crippen LogP contribution < -0.4 is 0 Å². The van der Waals surface area contributed by atoms with E-state index in [4.69, 9.17) is 0 Å². The standard InChI is InChI=1S/C5H8N2S2/c1-3-8-5-6-4(2)9-7-5/h3H2,1-2H3. The van der Waals surface area contributed by atoms with Crippen LogP contribution in [0.4, 0.5) is 0 Å². The van der Waals surface area contributed by atoms with Gasteiger partial charge in [0.2, 0.25) is 0 Å². The van der Waals surface area contributed by atoms with E-state index in [9.17, 15) is 0 Å². The number of hydrogen-bond donors (Lipinski definition) is 0. The van der Waals surface area contributed by atoms with E-state index in [0.717, 1.165) is 15.9 Å². The molecule has 50 valence electrons. The predicted molar refractivity (Wildman–Crippen MR) is 41.0 cm³/mol. The third-order valence-electron chi connectivity index (χ3n) is 0.782. The van der Waals surface area contributed by atoms with Crippen molar-refractivity contribution >= 4 is 23.3 Å².